The predicted octanol–water partition coefficient (Wildman–Crippen LogP) is 2.04. The molecular formula is C9H8BrN3O. The molecule has 0 bridgehead atoms. The van der Waals surface area contributed by atoms with E-state index in [2.05, 4.69) is 26.1 Å². The van der Waals surface area contributed by atoms with E-state index in [9.17, 15) is 0 Å². The van der Waals surface area contributed by atoms with Gasteiger partial charge in [-0.05, 0) is 34.1 Å². The van der Waals surface area contributed by atoms with Crippen molar-refractivity contribution in [2.24, 2.45) is 0 Å². The van der Waals surface area contributed by atoms with Crippen molar-refractivity contribution in [1.82, 2.24) is 14.8 Å². The van der Waals surface area contributed by atoms with Crippen LogP contribution in [0.2, 0.25) is 0 Å². The number of halogens is 1. The van der Waals surface area contributed by atoms with Gasteiger partial charge in [-0.25, -0.2) is 0 Å². The summed E-state index contributed by atoms with van der Waals surface area (Å²) in [5.41, 5.74) is 0.989. The third-order valence-corrected chi connectivity index (χ3v) is 2.47. The fourth-order valence-corrected chi connectivity index (χ4v) is 1.68. The summed E-state index contributed by atoms with van der Waals surface area (Å²) >= 11 is 3.41. The molecule has 0 saturated carbocycles. The van der Waals surface area contributed by atoms with E-state index in [1.165, 1.54) is 0 Å². The zero-order valence-electron chi connectivity index (χ0n) is 7.51. The number of hydrogen-bond donors (Lipinski definition) is 0. The quantitative estimate of drug-likeness (QED) is 0.823. The van der Waals surface area contributed by atoms with Gasteiger partial charge in [0.25, 0.3) is 0 Å². The third kappa shape index (κ3) is 1.63. The first-order valence-corrected chi connectivity index (χ1v) is 4.79. The second-order valence-corrected chi connectivity index (χ2v) is 3.54. The van der Waals surface area contributed by atoms with Crippen LogP contribution in [0.15, 0.2) is 35.3 Å². The van der Waals surface area contributed by atoms with Crippen LogP contribution in [0.4, 0.5) is 0 Å². The highest BCUT2D eigenvalue weighted by Gasteiger charge is 2.02. The fourth-order valence-electron chi connectivity index (χ4n) is 1.15. The van der Waals surface area contributed by atoms with Crippen LogP contribution in [0, 0.1) is 0 Å². The summed E-state index contributed by atoms with van der Waals surface area (Å²) in [6, 6.07) is 5.77. The molecule has 1 heterocycles. The van der Waals surface area contributed by atoms with Crippen LogP contribution in [0.25, 0.3) is 5.69 Å². The summed E-state index contributed by atoms with van der Waals surface area (Å²) in [6.07, 6.45) is 3.29. The van der Waals surface area contributed by atoms with Gasteiger partial charge in [0.2, 0.25) is 0 Å². The molecule has 0 fully saturated rings. The van der Waals surface area contributed by atoms with Gasteiger partial charge in [0.1, 0.15) is 18.4 Å². The Morgan fingerprint density at radius 3 is 2.57 bits per heavy atom. The van der Waals surface area contributed by atoms with E-state index in [0.717, 1.165) is 15.9 Å². The normalized spacial score (nSPS) is 10.1. The maximum absolute atomic E-state index is 5.13. The number of hydrogen-bond acceptors (Lipinski definition) is 3. The molecular weight excluding hydrogens is 246 g/mol. The second kappa shape index (κ2) is 3.79. The maximum Gasteiger partial charge on any atom is 0.133 e. The molecule has 5 heteroatoms. The molecule has 0 unspecified atom stereocenters. The van der Waals surface area contributed by atoms with Crippen molar-refractivity contribution in [2.75, 3.05) is 7.11 Å². The van der Waals surface area contributed by atoms with Gasteiger partial charge in [-0.2, -0.15) is 0 Å². The molecule has 72 valence electrons. The number of ether oxygens (including phenoxy) is 1. The molecule has 0 aliphatic rings. The largest absolute Gasteiger partial charge is 0.496 e. The average Bonchev–Trinajstić information content (AvgIpc) is 2.70. The monoisotopic (exact) mass is 253 g/mol. The lowest BCUT2D eigenvalue weighted by Gasteiger charge is -2.05. The highest BCUT2D eigenvalue weighted by atomic mass is 79.9. The van der Waals surface area contributed by atoms with Crippen LogP contribution in [0.1, 0.15) is 0 Å². The third-order valence-electron chi connectivity index (χ3n) is 1.85. The Kier molecular flexibility index (Phi) is 2.49. The van der Waals surface area contributed by atoms with Gasteiger partial charge < -0.3 is 4.74 Å². The Morgan fingerprint density at radius 2 is 2.00 bits per heavy atom. The first-order chi connectivity index (χ1) is 6.81. The maximum atomic E-state index is 5.13. The minimum atomic E-state index is 0.807. The average molecular weight is 254 g/mol. The van der Waals surface area contributed by atoms with Gasteiger partial charge in [0.05, 0.1) is 11.6 Å². The van der Waals surface area contributed by atoms with Crippen molar-refractivity contribution < 1.29 is 4.74 Å². The summed E-state index contributed by atoms with van der Waals surface area (Å²) in [4.78, 5) is 0. The van der Waals surface area contributed by atoms with Gasteiger partial charge in [-0.3, -0.25) is 4.57 Å². The van der Waals surface area contributed by atoms with Crippen LogP contribution in [0.3, 0.4) is 0 Å². The number of benzene rings is 1. The van der Waals surface area contributed by atoms with Crippen molar-refractivity contribution in [1.29, 1.82) is 0 Å². The molecule has 14 heavy (non-hydrogen) atoms. The zero-order chi connectivity index (χ0) is 9.97. The molecule has 0 saturated heterocycles. The first-order valence-electron chi connectivity index (χ1n) is 4.00. The predicted molar refractivity (Wildman–Crippen MR) is 55.6 cm³/mol. The molecule has 2 rings (SSSR count). The number of methoxy groups -OCH3 is 1. The summed E-state index contributed by atoms with van der Waals surface area (Å²) in [5, 5.41) is 7.47. The lowest BCUT2D eigenvalue weighted by atomic mass is 10.3. The lowest BCUT2D eigenvalue weighted by Crippen LogP contribution is -1.91. The van der Waals surface area contributed by atoms with Gasteiger partial charge in [0, 0.05) is 5.69 Å². The summed E-state index contributed by atoms with van der Waals surface area (Å²) < 4.78 is 7.86. The Labute approximate surface area is 89.7 Å². The van der Waals surface area contributed by atoms with Gasteiger partial charge >= 0.3 is 0 Å². The molecule has 0 atom stereocenters. The van der Waals surface area contributed by atoms with Crippen LogP contribution >= 0.6 is 15.9 Å². The minimum Gasteiger partial charge on any atom is -0.496 e. The topological polar surface area (TPSA) is 39.9 Å². The van der Waals surface area contributed by atoms with Crippen LogP contribution < -0.4 is 4.74 Å². The molecule has 4 nitrogen and oxygen atoms in total. The van der Waals surface area contributed by atoms with Crippen molar-refractivity contribution in [3.05, 3.63) is 35.3 Å². The van der Waals surface area contributed by atoms with Gasteiger partial charge in [0.15, 0.2) is 0 Å². The summed E-state index contributed by atoms with van der Waals surface area (Å²) in [7, 11) is 1.64. The SMILES string of the molecule is COc1ccc(-n2cnnc2)cc1Br. The number of aromatic nitrogens is 3. The van der Waals surface area contributed by atoms with Gasteiger partial charge in [-0.15, -0.1) is 10.2 Å². The molecule has 1 aromatic heterocycles. The summed E-state index contributed by atoms with van der Waals surface area (Å²) in [5.74, 6) is 0.807. The van der Waals surface area contributed by atoms with E-state index >= 15 is 0 Å². The van der Waals surface area contributed by atoms with Crippen LogP contribution in [-0.2, 0) is 0 Å². The summed E-state index contributed by atoms with van der Waals surface area (Å²) in [6.45, 7) is 0. The standard InChI is InChI=1S/C9H8BrN3O/c1-14-9-3-2-7(4-8(9)10)13-5-11-12-6-13/h2-6H,1H3. The smallest absolute Gasteiger partial charge is 0.133 e. The lowest BCUT2D eigenvalue weighted by molar-refractivity contribution is 0.412. The molecule has 0 N–H and O–H groups in total. The van der Waals surface area contributed by atoms with Crippen LogP contribution in [-0.4, -0.2) is 21.9 Å². The van der Waals surface area contributed by atoms with Crippen LogP contribution in [0.5, 0.6) is 5.75 Å². The zero-order valence-corrected chi connectivity index (χ0v) is 9.10. The molecule has 2 aromatic rings. The molecule has 0 amide bonds. The van der Waals surface area contributed by atoms with E-state index in [-0.39, 0.29) is 0 Å². The van der Waals surface area contributed by atoms with E-state index < -0.39 is 0 Å². The molecule has 0 spiro atoms. The fraction of sp³-hybridized carbons (Fsp3) is 0.111. The van der Waals surface area contributed by atoms with E-state index in [4.69, 9.17) is 4.74 Å². The molecule has 1 aromatic carbocycles. The number of nitrogens with zero attached hydrogens (tertiary/aromatic N) is 3. The van der Waals surface area contributed by atoms with Gasteiger partial charge in [-0.1, -0.05) is 0 Å². The Hall–Kier alpha value is -1.36. The van der Waals surface area contributed by atoms with Crippen molar-refractivity contribution in [3.63, 3.8) is 0 Å². The number of rotatable bonds is 2. The Balaban J connectivity index is 2.43. The Morgan fingerprint density at radius 1 is 1.29 bits per heavy atom. The van der Waals surface area contributed by atoms with E-state index in [1.54, 1.807) is 19.8 Å². The molecule has 0 aliphatic carbocycles. The minimum absolute atomic E-state index is 0.807. The molecule has 0 aliphatic heterocycles. The van der Waals surface area contributed by atoms with Crippen molar-refractivity contribution in [3.8, 4) is 11.4 Å². The van der Waals surface area contributed by atoms with Crippen molar-refractivity contribution >= 4 is 15.9 Å². The second-order valence-electron chi connectivity index (χ2n) is 2.69. The van der Waals surface area contributed by atoms with E-state index in [0.29, 0.717) is 0 Å². The first kappa shape index (κ1) is 9.21. The highest BCUT2D eigenvalue weighted by Crippen LogP contribution is 2.26. The molecule has 0 radical (unpaired) electrons. The van der Waals surface area contributed by atoms with Crippen molar-refractivity contribution in [2.45, 2.75) is 0 Å². The Bertz CT molecular complexity index is 428. The highest BCUT2D eigenvalue weighted by molar-refractivity contribution is 9.10. The van der Waals surface area contributed by atoms with E-state index in [1.807, 2.05) is 22.8 Å².